The van der Waals surface area contributed by atoms with E-state index in [1.165, 1.54) is 10.5 Å². The lowest BCUT2D eigenvalue weighted by molar-refractivity contribution is -0.136. The summed E-state index contributed by atoms with van der Waals surface area (Å²) < 4.78 is 0. The number of carbonyl (C=O) groups is 1. The molecule has 2 N–H and O–H groups in total. The smallest absolute Gasteiger partial charge is 0.307 e. The van der Waals surface area contributed by atoms with Gasteiger partial charge in [0.15, 0.2) is 0 Å². The Morgan fingerprint density at radius 3 is 2.52 bits per heavy atom. The van der Waals surface area contributed by atoms with Crippen LogP contribution in [0.4, 0.5) is 0 Å². The molecule has 3 aromatic rings. The maximum absolute atomic E-state index is 11.3. The number of hydrogen-bond donors (Lipinski definition) is 2. The lowest BCUT2D eigenvalue weighted by Gasteiger charge is -2.04. The van der Waals surface area contributed by atoms with E-state index in [1.807, 2.05) is 24.5 Å². The molecule has 0 spiro atoms. The Bertz CT molecular complexity index is 850. The van der Waals surface area contributed by atoms with Crippen LogP contribution in [0.25, 0.3) is 22.2 Å². The number of aromatic amines is 1. The van der Waals surface area contributed by atoms with Crippen LogP contribution in [0.2, 0.25) is 0 Å². The molecule has 0 radical (unpaired) electrons. The number of aromatic nitrogens is 1. The maximum Gasteiger partial charge on any atom is 0.307 e. The van der Waals surface area contributed by atoms with Crippen molar-refractivity contribution in [3.05, 3.63) is 53.6 Å². The molecule has 0 amide bonds. The van der Waals surface area contributed by atoms with Gasteiger partial charge in [0.1, 0.15) is 0 Å². The summed E-state index contributed by atoms with van der Waals surface area (Å²) in [6, 6.07) is 14.4. The van der Waals surface area contributed by atoms with Crippen molar-refractivity contribution in [2.75, 3.05) is 6.26 Å². The predicted molar refractivity (Wildman–Crippen MR) is 96.2 cm³/mol. The molecule has 0 aliphatic heterocycles. The van der Waals surface area contributed by atoms with Gasteiger partial charge in [-0.1, -0.05) is 25.1 Å². The molecule has 0 aliphatic rings. The van der Waals surface area contributed by atoms with Gasteiger partial charge in [0.25, 0.3) is 0 Å². The van der Waals surface area contributed by atoms with Crippen molar-refractivity contribution in [3.63, 3.8) is 0 Å². The third kappa shape index (κ3) is 3.13. The molecule has 0 aliphatic carbocycles. The van der Waals surface area contributed by atoms with E-state index in [-0.39, 0.29) is 6.42 Å². The standard InChI is InChI=1S/C19H19NO2S/c1-3-12-4-9-17-15(10-12)16(11-18(21)22)19(20-17)13-5-7-14(23-2)8-6-13/h4-10,20H,3,11H2,1-2H3,(H,21,22). The van der Waals surface area contributed by atoms with Crippen LogP contribution in [0.5, 0.6) is 0 Å². The Morgan fingerprint density at radius 1 is 1.17 bits per heavy atom. The van der Waals surface area contributed by atoms with Crippen molar-refractivity contribution in [2.45, 2.75) is 24.7 Å². The second-order valence-corrected chi connectivity index (χ2v) is 6.39. The van der Waals surface area contributed by atoms with E-state index in [2.05, 4.69) is 36.2 Å². The SMILES string of the molecule is CCc1ccc2[nH]c(-c3ccc(SC)cc3)c(CC(=O)O)c2c1. The molecule has 3 rings (SSSR count). The second kappa shape index (κ2) is 6.50. The minimum absolute atomic E-state index is 0.0206. The van der Waals surface area contributed by atoms with Crippen LogP contribution in [0.3, 0.4) is 0 Å². The molecule has 0 saturated carbocycles. The molecule has 4 heteroatoms. The van der Waals surface area contributed by atoms with Gasteiger partial charge in [0.05, 0.1) is 12.1 Å². The number of aliphatic carboxylic acids is 1. The first-order valence-corrected chi connectivity index (χ1v) is 8.84. The zero-order valence-corrected chi connectivity index (χ0v) is 14.0. The van der Waals surface area contributed by atoms with E-state index in [4.69, 9.17) is 0 Å². The summed E-state index contributed by atoms with van der Waals surface area (Å²) in [4.78, 5) is 15.9. The van der Waals surface area contributed by atoms with E-state index in [0.717, 1.165) is 34.1 Å². The van der Waals surface area contributed by atoms with Crippen LogP contribution >= 0.6 is 11.8 Å². The van der Waals surface area contributed by atoms with Crippen LogP contribution in [-0.4, -0.2) is 22.3 Å². The van der Waals surface area contributed by atoms with Gasteiger partial charge in [-0.15, -0.1) is 11.8 Å². The number of carboxylic acid groups (broad SMARTS) is 1. The van der Waals surface area contributed by atoms with Crippen LogP contribution in [0, 0.1) is 0 Å². The molecular formula is C19H19NO2S. The molecule has 1 heterocycles. The number of hydrogen-bond acceptors (Lipinski definition) is 2. The second-order valence-electron chi connectivity index (χ2n) is 5.51. The number of H-pyrrole nitrogens is 1. The minimum atomic E-state index is -0.810. The summed E-state index contributed by atoms with van der Waals surface area (Å²) >= 11 is 1.69. The summed E-state index contributed by atoms with van der Waals surface area (Å²) in [5.74, 6) is -0.810. The van der Waals surface area contributed by atoms with E-state index < -0.39 is 5.97 Å². The highest BCUT2D eigenvalue weighted by atomic mass is 32.2. The van der Waals surface area contributed by atoms with Crippen molar-refractivity contribution < 1.29 is 9.90 Å². The number of thioether (sulfide) groups is 1. The van der Waals surface area contributed by atoms with Gasteiger partial charge in [-0.25, -0.2) is 0 Å². The highest BCUT2D eigenvalue weighted by Gasteiger charge is 2.16. The zero-order chi connectivity index (χ0) is 16.4. The van der Waals surface area contributed by atoms with Crippen molar-refractivity contribution in [1.29, 1.82) is 0 Å². The topological polar surface area (TPSA) is 53.1 Å². The summed E-state index contributed by atoms with van der Waals surface area (Å²) in [7, 11) is 0. The largest absolute Gasteiger partial charge is 0.481 e. The van der Waals surface area contributed by atoms with Crippen LogP contribution < -0.4 is 0 Å². The first kappa shape index (κ1) is 15.7. The number of carboxylic acids is 1. The Hall–Kier alpha value is -2.20. The van der Waals surface area contributed by atoms with Gasteiger partial charge in [-0.3, -0.25) is 4.79 Å². The minimum Gasteiger partial charge on any atom is -0.481 e. The molecule has 23 heavy (non-hydrogen) atoms. The highest BCUT2D eigenvalue weighted by molar-refractivity contribution is 7.98. The molecule has 2 aromatic carbocycles. The first-order valence-electron chi connectivity index (χ1n) is 7.62. The summed E-state index contributed by atoms with van der Waals surface area (Å²) in [5.41, 5.74) is 4.99. The van der Waals surface area contributed by atoms with Gasteiger partial charge in [-0.05, 0) is 53.6 Å². The fraction of sp³-hybridized carbons (Fsp3) is 0.211. The molecular weight excluding hydrogens is 306 g/mol. The molecule has 118 valence electrons. The number of aryl methyl sites for hydroxylation is 1. The molecule has 0 atom stereocenters. The Morgan fingerprint density at radius 2 is 1.91 bits per heavy atom. The zero-order valence-electron chi connectivity index (χ0n) is 13.2. The van der Waals surface area contributed by atoms with Crippen LogP contribution in [0.15, 0.2) is 47.4 Å². The fourth-order valence-electron chi connectivity index (χ4n) is 2.85. The Balaban J connectivity index is 2.19. The van der Waals surface area contributed by atoms with E-state index in [0.29, 0.717) is 0 Å². The Kier molecular flexibility index (Phi) is 4.44. The first-order chi connectivity index (χ1) is 11.1. The fourth-order valence-corrected chi connectivity index (χ4v) is 3.26. The van der Waals surface area contributed by atoms with E-state index in [1.54, 1.807) is 11.8 Å². The monoisotopic (exact) mass is 325 g/mol. The highest BCUT2D eigenvalue weighted by Crippen LogP contribution is 2.32. The van der Waals surface area contributed by atoms with E-state index in [9.17, 15) is 9.90 Å². The molecule has 0 saturated heterocycles. The molecule has 0 fully saturated rings. The van der Waals surface area contributed by atoms with Crippen LogP contribution in [-0.2, 0) is 17.6 Å². The number of benzene rings is 2. The number of rotatable bonds is 5. The van der Waals surface area contributed by atoms with Crippen molar-refractivity contribution in [1.82, 2.24) is 4.98 Å². The van der Waals surface area contributed by atoms with Crippen molar-refractivity contribution in [2.24, 2.45) is 0 Å². The van der Waals surface area contributed by atoms with Gasteiger partial charge < -0.3 is 10.1 Å². The summed E-state index contributed by atoms with van der Waals surface area (Å²) in [6.45, 7) is 2.10. The summed E-state index contributed by atoms with van der Waals surface area (Å²) in [6.07, 6.45) is 3.00. The van der Waals surface area contributed by atoms with Crippen molar-refractivity contribution >= 4 is 28.6 Å². The summed E-state index contributed by atoms with van der Waals surface area (Å²) in [5, 5.41) is 10.3. The number of nitrogens with one attached hydrogen (secondary N) is 1. The molecule has 3 nitrogen and oxygen atoms in total. The molecule has 1 aromatic heterocycles. The lowest BCUT2D eigenvalue weighted by Crippen LogP contribution is -2.01. The predicted octanol–water partition coefficient (Wildman–Crippen LogP) is 4.75. The van der Waals surface area contributed by atoms with E-state index >= 15 is 0 Å². The quantitative estimate of drug-likeness (QED) is 0.666. The molecule has 0 bridgehead atoms. The third-order valence-corrected chi connectivity index (χ3v) is 4.83. The number of fused-ring (bicyclic) bond motifs is 1. The average Bonchev–Trinajstić information content (AvgIpc) is 2.92. The van der Waals surface area contributed by atoms with Crippen LogP contribution in [0.1, 0.15) is 18.1 Å². The lowest BCUT2D eigenvalue weighted by atomic mass is 10.0. The maximum atomic E-state index is 11.3. The van der Waals surface area contributed by atoms with Gasteiger partial charge in [0, 0.05) is 15.8 Å². The van der Waals surface area contributed by atoms with Gasteiger partial charge in [0.2, 0.25) is 0 Å². The van der Waals surface area contributed by atoms with Gasteiger partial charge in [-0.2, -0.15) is 0 Å². The average molecular weight is 325 g/mol. The Labute approximate surface area is 139 Å². The van der Waals surface area contributed by atoms with Gasteiger partial charge >= 0.3 is 5.97 Å². The third-order valence-electron chi connectivity index (χ3n) is 4.09. The van der Waals surface area contributed by atoms with Crippen molar-refractivity contribution in [3.8, 4) is 11.3 Å². The molecule has 0 unspecified atom stereocenters. The normalized spacial score (nSPS) is 11.0.